The normalized spacial score (nSPS) is 12.2. The second kappa shape index (κ2) is 14.5. The number of rotatable bonds is 15. The first kappa shape index (κ1) is 29.1. The van der Waals surface area contributed by atoms with E-state index in [1.165, 1.54) is 17.0 Å². The van der Waals surface area contributed by atoms with Crippen molar-refractivity contribution in [3.63, 3.8) is 0 Å². The van der Waals surface area contributed by atoms with E-state index in [1.54, 1.807) is 42.7 Å². The fraction of sp³-hybridized carbons (Fsp3) is 0.357. The zero-order chi connectivity index (χ0) is 27.4. The lowest BCUT2D eigenvalue weighted by atomic mass is 10.1. The van der Waals surface area contributed by atoms with Crippen LogP contribution in [0, 0.1) is 0 Å². The standard InChI is InChI=1S/C28H37N5O4S/c1-2-3-4-5-19-33(28(29)35)25-12-14-26(15-13-25)38(36,37)32-24-10-8-22(9-11-24)16-18-31-21-27(34)23-7-6-17-30-20-23/h6-15,17,20,27,31-32,34H,2-5,16,18-19,21H2,1H3,(H2,29,35)/t27-/m0/s1. The molecule has 0 spiro atoms. The second-order valence-corrected chi connectivity index (χ2v) is 10.8. The molecule has 3 aromatic rings. The largest absolute Gasteiger partial charge is 0.387 e. The molecule has 0 aliphatic heterocycles. The molecule has 5 N–H and O–H groups in total. The lowest BCUT2D eigenvalue weighted by Crippen LogP contribution is -2.36. The molecule has 9 nitrogen and oxygen atoms in total. The number of nitrogens with zero attached hydrogens (tertiary/aromatic N) is 2. The first-order valence-electron chi connectivity index (χ1n) is 12.9. The van der Waals surface area contributed by atoms with Gasteiger partial charge in [0.2, 0.25) is 0 Å². The number of anilines is 2. The summed E-state index contributed by atoms with van der Waals surface area (Å²) in [5, 5.41) is 13.4. The number of aliphatic hydroxyl groups excluding tert-OH is 1. The van der Waals surface area contributed by atoms with Gasteiger partial charge in [-0.15, -0.1) is 0 Å². The van der Waals surface area contributed by atoms with Gasteiger partial charge in [-0.25, -0.2) is 13.2 Å². The van der Waals surface area contributed by atoms with Crippen LogP contribution in [-0.4, -0.2) is 44.2 Å². The molecule has 1 aromatic heterocycles. The summed E-state index contributed by atoms with van der Waals surface area (Å²) in [6.45, 7) is 3.69. The van der Waals surface area contributed by atoms with Gasteiger partial charge in [0.1, 0.15) is 0 Å². The van der Waals surface area contributed by atoms with E-state index in [9.17, 15) is 18.3 Å². The van der Waals surface area contributed by atoms with Crippen LogP contribution in [0.3, 0.4) is 0 Å². The number of carbonyl (C=O) groups is 1. The van der Waals surface area contributed by atoms with Crippen LogP contribution in [0.5, 0.6) is 0 Å². The summed E-state index contributed by atoms with van der Waals surface area (Å²) >= 11 is 0. The number of unbranched alkanes of at least 4 members (excludes halogenated alkanes) is 3. The summed E-state index contributed by atoms with van der Waals surface area (Å²) < 4.78 is 28.4. The Bertz CT molecular complexity index is 1240. The lowest BCUT2D eigenvalue weighted by Gasteiger charge is -2.21. The van der Waals surface area contributed by atoms with E-state index in [0.717, 1.165) is 43.2 Å². The molecule has 0 saturated carbocycles. The number of nitrogens with one attached hydrogen (secondary N) is 2. The number of aromatic nitrogens is 1. The molecular weight excluding hydrogens is 502 g/mol. The molecule has 204 valence electrons. The van der Waals surface area contributed by atoms with Gasteiger partial charge in [0.15, 0.2) is 0 Å². The van der Waals surface area contributed by atoms with E-state index in [4.69, 9.17) is 5.73 Å². The third kappa shape index (κ3) is 8.83. The van der Waals surface area contributed by atoms with Crippen LogP contribution in [0.15, 0.2) is 78.0 Å². The SMILES string of the molecule is CCCCCCN(C(N)=O)c1ccc(S(=O)(=O)Nc2ccc(CCNC[C@H](O)c3cccnc3)cc2)cc1. The quantitative estimate of drug-likeness (QED) is 0.214. The highest BCUT2D eigenvalue weighted by molar-refractivity contribution is 7.92. The van der Waals surface area contributed by atoms with Crippen LogP contribution in [-0.2, 0) is 16.4 Å². The van der Waals surface area contributed by atoms with E-state index >= 15 is 0 Å². The predicted octanol–water partition coefficient (Wildman–Crippen LogP) is 4.21. The summed E-state index contributed by atoms with van der Waals surface area (Å²) in [5.74, 6) is 0. The van der Waals surface area contributed by atoms with E-state index in [-0.39, 0.29) is 4.90 Å². The molecule has 0 unspecified atom stereocenters. The molecule has 0 saturated heterocycles. The van der Waals surface area contributed by atoms with Gasteiger partial charge in [-0.2, -0.15) is 0 Å². The van der Waals surface area contributed by atoms with Crippen LogP contribution in [0.4, 0.5) is 16.2 Å². The summed E-state index contributed by atoms with van der Waals surface area (Å²) in [7, 11) is -3.80. The average Bonchev–Trinajstić information content (AvgIpc) is 2.92. The van der Waals surface area contributed by atoms with Crippen molar-refractivity contribution in [2.45, 2.75) is 50.0 Å². The zero-order valence-electron chi connectivity index (χ0n) is 21.7. The van der Waals surface area contributed by atoms with Gasteiger partial charge < -0.3 is 16.2 Å². The van der Waals surface area contributed by atoms with Crippen molar-refractivity contribution in [2.24, 2.45) is 5.73 Å². The Hall–Kier alpha value is -3.47. The first-order chi connectivity index (χ1) is 18.3. The number of amides is 2. The molecule has 1 heterocycles. The highest BCUT2D eigenvalue weighted by Gasteiger charge is 2.17. The predicted molar refractivity (Wildman–Crippen MR) is 151 cm³/mol. The van der Waals surface area contributed by atoms with Crippen LogP contribution >= 0.6 is 0 Å². The zero-order valence-corrected chi connectivity index (χ0v) is 22.5. The summed E-state index contributed by atoms with van der Waals surface area (Å²) in [6, 6.07) is 16.4. The molecule has 0 aliphatic rings. The molecule has 2 amide bonds. The van der Waals surface area contributed by atoms with Crippen LogP contribution < -0.4 is 20.7 Å². The molecule has 10 heteroatoms. The van der Waals surface area contributed by atoms with Gasteiger partial charge in [-0.1, -0.05) is 44.4 Å². The number of sulfonamides is 1. The van der Waals surface area contributed by atoms with Crippen molar-refractivity contribution in [1.82, 2.24) is 10.3 Å². The highest BCUT2D eigenvalue weighted by Crippen LogP contribution is 2.21. The number of aliphatic hydroxyl groups is 1. The Morgan fingerprint density at radius 1 is 1.05 bits per heavy atom. The molecule has 0 aliphatic carbocycles. The van der Waals surface area contributed by atoms with Crippen molar-refractivity contribution >= 4 is 27.4 Å². The Morgan fingerprint density at radius 3 is 2.42 bits per heavy atom. The minimum absolute atomic E-state index is 0.0945. The van der Waals surface area contributed by atoms with Gasteiger partial charge in [0.25, 0.3) is 10.0 Å². The molecule has 2 aromatic carbocycles. The molecule has 0 radical (unpaired) electrons. The van der Waals surface area contributed by atoms with Crippen molar-refractivity contribution in [3.8, 4) is 0 Å². The fourth-order valence-corrected chi connectivity index (χ4v) is 5.04. The van der Waals surface area contributed by atoms with E-state index in [1.807, 2.05) is 18.2 Å². The Labute approximate surface area is 225 Å². The van der Waals surface area contributed by atoms with E-state index < -0.39 is 22.2 Å². The fourth-order valence-electron chi connectivity index (χ4n) is 3.98. The summed E-state index contributed by atoms with van der Waals surface area (Å²) in [6.07, 6.45) is 7.42. The Kier molecular flexibility index (Phi) is 11.1. The van der Waals surface area contributed by atoms with Crippen LogP contribution in [0.25, 0.3) is 0 Å². The highest BCUT2D eigenvalue weighted by atomic mass is 32.2. The van der Waals surface area contributed by atoms with Gasteiger partial charge in [0.05, 0.1) is 11.0 Å². The van der Waals surface area contributed by atoms with Crippen molar-refractivity contribution in [1.29, 1.82) is 0 Å². The molecule has 1 atom stereocenters. The van der Waals surface area contributed by atoms with Gasteiger partial charge in [-0.3, -0.25) is 14.6 Å². The van der Waals surface area contributed by atoms with Crippen LogP contribution in [0.1, 0.15) is 49.8 Å². The number of hydrogen-bond donors (Lipinski definition) is 4. The average molecular weight is 540 g/mol. The monoisotopic (exact) mass is 539 g/mol. The van der Waals surface area contributed by atoms with Crippen molar-refractivity contribution in [3.05, 3.63) is 84.2 Å². The maximum Gasteiger partial charge on any atom is 0.319 e. The van der Waals surface area contributed by atoms with E-state index in [2.05, 4.69) is 21.9 Å². The smallest absolute Gasteiger partial charge is 0.319 e. The minimum Gasteiger partial charge on any atom is -0.387 e. The maximum atomic E-state index is 12.9. The summed E-state index contributed by atoms with van der Waals surface area (Å²) in [4.78, 5) is 17.5. The molecule has 3 rings (SSSR count). The molecule has 0 bridgehead atoms. The van der Waals surface area contributed by atoms with Gasteiger partial charge in [0, 0.05) is 42.4 Å². The number of hydrogen-bond acceptors (Lipinski definition) is 6. The van der Waals surface area contributed by atoms with E-state index in [0.29, 0.717) is 31.0 Å². The molecule has 0 fully saturated rings. The van der Waals surface area contributed by atoms with Gasteiger partial charge >= 0.3 is 6.03 Å². The molecular formula is C28H37N5O4S. The number of primary amides is 1. The molecule has 38 heavy (non-hydrogen) atoms. The summed E-state index contributed by atoms with van der Waals surface area (Å²) in [5.41, 5.74) is 8.35. The van der Waals surface area contributed by atoms with Crippen molar-refractivity contribution < 1.29 is 18.3 Å². The third-order valence-electron chi connectivity index (χ3n) is 6.16. The number of pyridine rings is 1. The maximum absolute atomic E-state index is 12.9. The minimum atomic E-state index is -3.80. The number of nitrogens with two attached hydrogens (primary N) is 1. The first-order valence-corrected chi connectivity index (χ1v) is 14.4. The second-order valence-electron chi connectivity index (χ2n) is 9.10. The Balaban J connectivity index is 1.51. The third-order valence-corrected chi connectivity index (χ3v) is 7.56. The number of carbonyl (C=O) groups excluding carboxylic acids is 1. The number of urea groups is 1. The lowest BCUT2D eigenvalue weighted by molar-refractivity contribution is 0.174. The Morgan fingerprint density at radius 2 is 1.79 bits per heavy atom. The van der Waals surface area contributed by atoms with Crippen LogP contribution in [0.2, 0.25) is 0 Å². The topological polar surface area (TPSA) is 138 Å². The number of benzene rings is 2. The van der Waals surface area contributed by atoms with Crippen molar-refractivity contribution in [2.75, 3.05) is 29.3 Å². The van der Waals surface area contributed by atoms with Gasteiger partial charge in [-0.05, 0) is 67.4 Å².